The van der Waals surface area contributed by atoms with Crippen LogP contribution in [0.25, 0.3) is 11.2 Å². The van der Waals surface area contributed by atoms with Gasteiger partial charge in [-0.15, -0.1) is 0 Å². The van der Waals surface area contributed by atoms with Gasteiger partial charge in [0, 0.05) is 20.1 Å². The van der Waals surface area contributed by atoms with Gasteiger partial charge in [-0.25, -0.2) is 4.79 Å². The van der Waals surface area contributed by atoms with Gasteiger partial charge < -0.3 is 16.0 Å². The minimum Gasteiger partial charge on any atom is -0.353 e. The van der Waals surface area contributed by atoms with Crippen LogP contribution in [0.4, 0.5) is 5.95 Å². The Morgan fingerprint density at radius 3 is 2.52 bits per heavy atom. The number of hydrogen-bond donors (Lipinski definition) is 3. The predicted molar refractivity (Wildman–Crippen MR) is 82.5 cm³/mol. The van der Waals surface area contributed by atoms with Crippen LogP contribution in [0.5, 0.6) is 0 Å². The van der Waals surface area contributed by atoms with Crippen molar-refractivity contribution >= 4 is 17.1 Å². The maximum absolute atomic E-state index is 12.1. The lowest BCUT2D eigenvalue weighted by atomic mass is 10.0. The lowest BCUT2D eigenvalue weighted by molar-refractivity contribution is 0.496. The molecule has 8 nitrogen and oxygen atoms in total. The Balaban J connectivity index is 2.49. The van der Waals surface area contributed by atoms with Crippen molar-refractivity contribution in [3.8, 4) is 0 Å². The molecule has 1 atom stereocenters. The predicted octanol–water partition coefficient (Wildman–Crippen LogP) is -0.254. The van der Waals surface area contributed by atoms with Crippen LogP contribution in [-0.4, -0.2) is 31.7 Å². The zero-order valence-electron chi connectivity index (χ0n) is 12.8. The first kappa shape index (κ1) is 15.3. The molecule has 0 aliphatic carbocycles. The third kappa shape index (κ3) is 2.71. The molecular weight excluding hydrogens is 272 g/mol. The van der Waals surface area contributed by atoms with Gasteiger partial charge in [-0.05, 0) is 18.9 Å². The lowest BCUT2D eigenvalue weighted by Crippen LogP contribution is -2.36. The number of imidazole rings is 1. The molecule has 4 N–H and O–H groups in total. The quantitative estimate of drug-likeness (QED) is 0.704. The molecule has 0 saturated heterocycles. The van der Waals surface area contributed by atoms with Crippen molar-refractivity contribution in [3.05, 3.63) is 20.8 Å². The van der Waals surface area contributed by atoms with Crippen LogP contribution >= 0.6 is 0 Å². The van der Waals surface area contributed by atoms with Gasteiger partial charge in [0.2, 0.25) is 5.95 Å². The molecular formula is C13H22N6O2. The van der Waals surface area contributed by atoms with Gasteiger partial charge in [0.15, 0.2) is 11.2 Å². The standard InChI is InChI=1S/C13H22N6O2/c1-7(2)8(5-6-14)15-12-16-9-10(17-12)18(3)13(21)19(4)11(9)20/h7-8H,5-6,14H2,1-4H3,(H2,15,16,17). The number of fused-ring (bicyclic) bond motifs is 1. The average Bonchev–Trinajstić information content (AvgIpc) is 2.86. The Labute approximate surface area is 122 Å². The normalized spacial score (nSPS) is 13.0. The first-order chi connectivity index (χ1) is 9.86. The first-order valence-electron chi connectivity index (χ1n) is 6.99. The summed E-state index contributed by atoms with van der Waals surface area (Å²) in [4.78, 5) is 31.3. The van der Waals surface area contributed by atoms with Crippen molar-refractivity contribution in [2.45, 2.75) is 26.3 Å². The van der Waals surface area contributed by atoms with Gasteiger partial charge in [0.05, 0.1) is 0 Å². The summed E-state index contributed by atoms with van der Waals surface area (Å²) in [7, 11) is 3.04. The van der Waals surface area contributed by atoms with E-state index in [0.29, 0.717) is 29.6 Å². The highest BCUT2D eigenvalue weighted by molar-refractivity contribution is 5.72. The van der Waals surface area contributed by atoms with Crippen LogP contribution in [0.2, 0.25) is 0 Å². The Kier molecular flexibility index (Phi) is 4.17. The van der Waals surface area contributed by atoms with Crippen LogP contribution in [0.3, 0.4) is 0 Å². The van der Waals surface area contributed by atoms with Crippen LogP contribution in [0.1, 0.15) is 20.3 Å². The lowest BCUT2D eigenvalue weighted by Gasteiger charge is -2.21. The van der Waals surface area contributed by atoms with Gasteiger partial charge in [0.25, 0.3) is 5.56 Å². The third-order valence-corrected chi connectivity index (χ3v) is 3.70. The largest absolute Gasteiger partial charge is 0.353 e. The van der Waals surface area contributed by atoms with Gasteiger partial charge in [-0.1, -0.05) is 13.8 Å². The van der Waals surface area contributed by atoms with Crippen molar-refractivity contribution in [1.82, 2.24) is 19.1 Å². The van der Waals surface area contributed by atoms with E-state index in [1.807, 2.05) is 0 Å². The Bertz CT molecular complexity index is 754. The molecule has 2 aromatic heterocycles. The molecule has 0 spiro atoms. The fourth-order valence-corrected chi connectivity index (χ4v) is 2.32. The highest BCUT2D eigenvalue weighted by atomic mass is 16.2. The summed E-state index contributed by atoms with van der Waals surface area (Å²) < 4.78 is 2.41. The molecule has 0 bridgehead atoms. The number of rotatable bonds is 5. The van der Waals surface area contributed by atoms with Crippen molar-refractivity contribution in [3.63, 3.8) is 0 Å². The molecule has 2 heterocycles. The Morgan fingerprint density at radius 1 is 1.29 bits per heavy atom. The maximum Gasteiger partial charge on any atom is 0.332 e. The Morgan fingerprint density at radius 2 is 1.95 bits per heavy atom. The molecule has 0 fully saturated rings. The zero-order valence-corrected chi connectivity index (χ0v) is 12.8. The van der Waals surface area contributed by atoms with E-state index in [9.17, 15) is 9.59 Å². The second kappa shape index (κ2) is 5.72. The highest BCUT2D eigenvalue weighted by Gasteiger charge is 2.17. The first-order valence-corrected chi connectivity index (χ1v) is 6.99. The van der Waals surface area contributed by atoms with Gasteiger partial charge in [0.1, 0.15) is 0 Å². The Hall–Kier alpha value is -2.09. The third-order valence-electron chi connectivity index (χ3n) is 3.70. The SMILES string of the molecule is CC(C)C(CCN)Nc1nc2c([nH]1)c(=O)n(C)c(=O)n2C. The van der Waals surface area contributed by atoms with E-state index in [4.69, 9.17) is 5.73 Å². The van der Waals surface area contributed by atoms with E-state index in [1.165, 1.54) is 11.6 Å². The topological polar surface area (TPSA) is 111 Å². The molecule has 0 aliphatic heterocycles. The van der Waals surface area contributed by atoms with Gasteiger partial charge in [-0.3, -0.25) is 13.9 Å². The molecule has 2 rings (SSSR count). The number of H-pyrrole nitrogens is 1. The number of nitrogens with two attached hydrogens (primary N) is 1. The summed E-state index contributed by atoms with van der Waals surface area (Å²) in [6.07, 6.45) is 0.797. The number of nitrogens with one attached hydrogen (secondary N) is 2. The second-order valence-corrected chi connectivity index (χ2v) is 5.56. The summed E-state index contributed by atoms with van der Waals surface area (Å²) in [5.41, 5.74) is 5.50. The molecule has 116 valence electrons. The molecule has 0 aromatic carbocycles. The van der Waals surface area contributed by atoms with Crippen molar-refractivity contribution < 1.29 is 0 Å². The monoisotopic (exact) mass is 294 g/mol. The molecule has 0 radical (unpaired) electrons. The van der Waals surface area contributed by atoms with E-state index in [2.05, 4.69) is 29.1 Å². The van der Waals surface area contributed by atoms with Crippen LogP contribution in [0.15, 0.2) is 9.59 Å². The summed E-state index contributed by atoms with van der Waals surface area (Å²) in [6, 6.07) is 0.149. The van der Waals surface area contributed by atoms with Gasteiger partial charge in [-0.2, -0.15) is 4.98 Å². The fourth-order valence-electron chi connectivity index (χ4n) is 2.32. The minimum absolute atomic E-state index is 0.149. The second-order valence-electron chi connectivity index (χ2n) is 5.56. The molecule has 0 saturated carbocycles. The van der Waals surface area contributed by atoms with Crippen LogP contribution in [-0.2, 0) is 14.1 Å². The van der Waals surface area contributed by atoms with E-state index in [-0.39, 0.29) is 11.6 Å². The molecule has 21 heavy (non-hydrogen) atoms. The number of aryl methyl sites for hydroxylation is 1. The number of aromatic amines is 1. The number of anilines is 1. The molecule has 0 aliphatic rings. The highest BCUT2D eigenvalue weighted by Crippen LogP contribution is 2.14. The number of aromatic nitrogens is 4. The fraction of sp³-hybridized carbons (Fsp3) is 0.615. The van der Waals surface area contributed by atoms with E-state index >= 15 is 0 Å². The van der Waals surface area contributed by atoms with E-state index in [1.54, 1.807) is 7.05 Å². The minimum atomic E-state index is -0.395. The molecule has 1 unspecified atom stereocenters. The smallest absolute Gasteiger partial charge is 0.332 e. The maximum atomic E-state index is 12.1. The molecule has 2 aromatic rings. The van der Waals surface area contributed by atoms with Crippen LogP contribution < -0.4 is 22.3 Å². The zero-order chi connectivity index (χ0) is 15.7. The summed E-state index contributed by atoms with van der Waals surface area (Å²) in [5.74, 6) is 0.851. The molecule has 0 amide bonds. The van der Waals surface area contributed by atoms with E-state index in [0.717, 1.165) is 11.0 Å². The van der Waals surface area contributed by atoms with Crippen molar-refractivity contribution in [2.24, 2.45) is 25.7 Å². The number of nitrogens with zero attached hydrogens (tertiary/aromatic N) is 3. The summed E-state index contributed by atoms with van der Waals surface area (Å²) in [6.45, 7) is 4.74. The van der Waals surface area contributed by atoms with Crippen molar-refractivity contribution in [1.29, 1.82) is 0 Å². The van der Waals surface area contributed by atoms with E-state index < -0.39 is 5.69 Å². The van der Waals surface area contributed by atoms with Crippen LogP contribution in [0, 0.1) is 5.92 Å². The van der Waals surface area contributed by atoms with Crippen molar-refractivity contribution in [2.75, 3.05) is 11.9 Å². The van der Waals surface area contributed by atoms with Gasteiger partial charge >= 0.3 is 5.69 Å². The summed E-state index contributed by atoms with van der Waals surface area (Å²) in [5, 5.41) is 3.25. The average molecular weight is 294 g/mol. The number of hydrogen-bond acceptors (Lipinski definition) is 5. The summed E-state index contributed by atoms with van der Waals surface area (Å²) >= 11 is 0. The molecule has 8 heteroatoms.